The summed E-state index contributed by atoms with van der Waals surface area (Å²) in [5, 5.41) is 20.4. The van der Waals surface area contributed by atoms with E-state index in [0.717, 1.165) is 5.56 Å². The molecule has 1 N–H and O–H groups in total. The summed E-state index contributed by atoms with van der Waals surface area (Å²) in [5.74, 6) is -0.365. The smallest absolute Gasteiger partial charge is 0.293 e. The summed E-state index contributed by atoms with van der Waals surface area (Å²) in [6.07, 6.45) is 0.717. The number of fused-ring (bicyclic) bond motifs is 1. The van der Waals surface area contributed by atoms with Crippen LogP contribution in [0.1, 0.15) is 11.1 Å². The van der Waals surface area contributed by atoms with Crippen LogP contribution >= 0.6 is 0 Å². The van der Waals surface area contributed by atoms with Crippen LogP contribution in [0.25, 0.3) is 0 Å². The van der Waals surface area contributed by atoms with E-state index in [1.807, 2.05) is 0 Å². The van der Waals surface area contributed by atoms with Crippen LogP contribution in [0.2, 0.25) is 0 Å². The molecule has 108 valence electrons. The molecule has 6 heteroatoms. The molecule has 5 nitrogen and oxygen atoms in total. The molecule has 0 radical (unpaired) electrons. The van der Waals surface area contributed by atoms with Crippen molar-refractivity contribution >= 4 is 17.1 Å². The fourth-order valence-corrected chi connectivity index (χ4v) is 2.64. The van der Waals surface area contributed by atoms with Gasteiger partial charge in [-0.3, -0.25) is 10.1 Å². The SMILES string of the molecule is O=[N+]([O-])c1cc(CO)ccc1N1CCc2ccc(F)cc21. The number of aliphatic hydroxyl groups is 1. The standard InChI is InChI=1S/C15H13FN2O3/c16-12-3-2-11-5-6-17(14(11)8-12)13-4-1-10(9-19)7-15(13)18(20)21/h1-4,7-8,19H,5-6,9H2. The molecular formula is C15H13FN2O3. The van der Waals surface area contributed by atoms with Gasteiger partial charge in [0.1, 0.15) is 11.5 Å². The second kappa shape index (κ2) is 5.14. The molecule has 0 saturated heterocycles. The van der Waals surface area contributed by atoms with Crippen molar-refractivity contribution in [2.45, 2.75) is 13.0 Å². The predicted molar refractivity (Wildman–Crippen MR) is 76.1 cm³/mol. The lowest BCUT2D eigenvalue weighted by Crippen LogP contribution is -2.15. The third-order valence-electron chi connectivity index (χ3n) is 3.65. The van der Waals surface area contributed by atoms with Crippen molar-refractivity contribution in [1.82, 2.24) is 0 Å². The van der Waals surface area contributed by atoms with Crippen molar-refractivity contribution in [3.8, 4) is 0 Å². The summed E-state index contributed by atoms with van der Waals surface area (Å²) < 4.78 is 13.4. The Kier molecular flexibility index (Phi) is 3.31. The highest BCUT2D eigenvalue weighted by Gasteiger charge is 2.27. The van der Waals surface area contributed by atoms with E-state index in [4.69, 9.17) is 5.11 Å². The van der Waals surface area contributed by atoms with E-state index in [-0.39, 0.29) is 18.1 Å². The average molecular weight is 288 g/mol. The number of nitro groups is 1. The summed E-state index contributed by atoms with van der Waals surface area (Å²) in [6, 6.07) is 9.09. The molecule has 0 bridgehead atoms. The number of anilines is 2. The first kappa shape index (κ1) is 13.5. The van der Waals surface area contributed by atoms with Crippen LogP contribution < -0.4 is 4.90 Å². The van der Waals surface area contributed by atoms with E-state index in [0.29, 0.717) is 29.9 Å². The van der Waals surface area contributed by atoms with Gasteiger partial charge in [-0.25, -0.2) is 4.39 Å². The van der Waals surface area contributed by atoms with Crippen molar-refractivity contribution in [2.75, 3.05) is 11.4 Å². The Morgan fingerprint density at radius 3 is 2.76 bits per heavy atom. The summed E-state index contributed by atoms with van der Waals surface area (Å²) in [6.45, 7) is 0.310. The molecule has 2 aromatic carbocycles. The van der Waals surface area contributed by atoms with Gasteiger partial charge in [0, 0.05) is 18.3 Å². The number of nitro benzene ring substituents is 1. The normalized spacial score (nSPS) is 13.3. The van der Waals surface area contributed by atoms with Crippen molar-refractivity contribution < 1.29 is 14.4 Å². The number of benzene rings is 2. The molecule has 1 heterocycles. The molecule has 0 amide bonds. The monoisotopic (exact) mass is 288 g/mol. The van der Waals surface area contributed by atoms with Gasteiger partial charge in [0.05, 0.1) is 11.5 Å². The van der Waals surface area contributed by atoms with Gasteiger partial charge in [-0.2, -0.15) is 0 Å². The van der Waals surface area contributed by atoms with Crippen LogP contribution in [-0.4, -0.2) is 16.6 Å². The second-order valence-corrected chi connectivity index (χ2v) is 4.91. The molecule has 0 saturated carbocycles. The largest absolute Gasteiger partial charge is 0.392 e. The van der Waals surface area contributed by atoms with Gasteiger partial charge < -0.3 is 10.0 Å². The molecule has 0 atom stereocenters. The average Bonchev–Trinajstić information content (AvgIpc) is 2.89. The third kappa shape index (κ3) is 2.34. The number of aliphatic hydroxyl groups excluding tert-OH is 1. The van der Waals surface area contributed by atoms with Crippen molar-refractivity contribution in [3.05, 3.63) is 63.5 Å². The number of hydrogen-bond donors (Lipinski definition) is 1. The number of hydrogen-bond acceptors (Lipinski definition) is 4. The van der Waals surface area contributed by atoms with Crippen molar-refractivity contribution in [1.29, 1.82) is 0 Å². The van der Waals surface area contributed by atoms with Crippen LogP contribution in [0.5, 0.6) is 0 Å². The van der Waals surface area contributed by atoms with E-state index < -0.39 is 4.92 Å². The highest BCUT2D eigenvalue weighted by molar-refractivity contribution is 5.76. The van der Waals surface area contributed by atoms with Gasteiger partial charge in [0.15, 0.2) is 0 Å². The first-order chi connectivity index (χ1) is 10.1. The van der Waals surface area contributed by atoms with Crippen LogP contribution in [0.4, 0.5) is 21.5 Å². The minimum absolute atomic E-state index is 0.0846. The number of nitrogens with zero attached hydrogens (tertiary/aromatic N) is 2. The summed E-state index contributed by atoms with van der Waals surface area (Å²) in [7, 11) is 0. The third-order valence-corrected chi connectivity index (χ3v) is 3.65. The maximum atomic E-state index is 13.4. The van der Waals surface area contributed by atoms with E-state index >= 15 is 0 Å². The molecule has 1 aliphatic heterocycles. The molecular weight excluding hydrogens is 275 g/mol. The Bertz CT molecular complexity index is 718. The van der Waals surface area contributed by atoms with E-state index in [2.05, 4.69) is 0 Å². The quantitative estimate of drug-likeness (QED) is 0.696. The van der Waals surface area contributed by atoms with E-state index in [9.17, 15) is 14.5 Å². The van der Waals surface area contributed by atoms with Crippen LogP contribution in [-0.2, 0) is 13.0 Å². The lowest BCUT2D eigenvalue weighted by Gasteiger charge is -2.19. The second-order valence-electron chi connectivity index (χ2n) is 4.91. The zero-order valence-electron chi connectivity index (χ0n) is 11.1. The lowest BCUT2D eigenvalue weighted by atomic mass is 10.1. The Labute approximate surface area is 120 Å². The van der Waals surface area contributed by atoms with Crippen molar-refractivity contribution in [2.24, 2.45) is 0 Å². The fourth-order valence-electron chi connectivity index (χ4n) is 2.64. The highest BCUT2D eigenvalue weighted by Crippen LogP contribution is 2.39. The molecule has 21 heavy (non-hydrogen) atoms. The first-order valence-electron chi connectivity index (χ1n) is 6.54. The first-order valence-corrected chi connectivity index (χ1v) is 6.54. The van der Waals surface area contributed by atoms with Gasteiger partial charge in [-0.05, 0) is 35.7 Å². The molecule has 3 rings (SSSR count). The zero-order valence-corrected chi connectivity index (χ0v) is 11.1. The summed E-state index contributed by atoms with van der Waals surface area (Å²) in [5.41, 5.74) is 2.44. The van der Waals surface area contributed by atoms with E-state index in [1.165, 1.54) is 18.2 Å². The van der Waals surface area contributed by atoms with Crippen LogP contribution in [0.3, 0.4) is 0 Å². The topological polar surface area (TPSA) is 66.6 Å². The molecule has 0 aromatic heterocycles. The molecule has 0 aliphatic carbocycles. The van der Waals surface area contributed by atoms with Gasteiger partial charge in [0.2, 0.25) is 0 Å². The van der Waals surface area contributed by atoms with Gasteiger partial charge in [-0.15, -0.1) is 0 Å². The molecule has 0 spiro atoms. The summed E-state index contributed by atoms with van der Waals surface area (Å²) >= 11 is 0. The Balaban J connectivity index is 2.11. The zero-order chi connectivity index (χ0) is 15.0. The van der Waals surface area contributed by atoms with Crippen LogP contribution in [0.15, 0.2) is 36.4 Å². The molecule has 0 unspecified atom stereocenters. The fraction of sp³-hybridized carbons (Fsp3) is 0.200. The van der Waals surface area contributed by atoms with Crippen LogP contribution in [0, 0.1) is 15.9 Å². The number of rotatable bonds is 3. The highest BCUT2D eigenvalue weighted by atomic mass is 19.1. The Morgan fingerprint density at radius 2 is 2.05 bits per heavy atom. The summed E-state index contributed by atoms with van der Waals surface area (Å²) in [4.78, 5) is 12.5. The maximum absolute atomic E-state index is 13.4. The lowest BCUT2D eigenvalue weighted by molar-refractivity contribution is -0.384. The molecule has 0 fully saturated rings. The van der Waals surface area contributed by atoms with Crippen molar-refractivity contribution in [3.63, 3.8) is 0 Å². The minimum Gasteiger partial charge on any atom is -0.392 e. The predicted octanol–water partition coefficient (Wildman–Crippen LogP) is 2.92. The Morgan fingerprint density at radius 1 is 1.24 bits per heavy atom. The van der Waals surface area contributed by atoms with E-state index in [1.54, 1.807) is 23.1 Å². The van der Waals surface area contributed by atoms with Gasteiger partial charge in [-0.1, -0.05) is 12.1 Å². The maximum Gasteiger partial charge on any atom is 0.293 e. The number of halogens is 1. The minimum atomic E-state index is -0.480. The van der Waals surface area contributed by atoms with Gasteiger partial charge in [0.25, 0.3) is 5.69 Å². The Hall–Kier alpha value is -2.47. The molecule has 2 aromatic rings. The molecule has 1 aliphatic rings. The van der Waals surface area contributed by atoms with Gasteiger partial charge >= 0.3 is 0 Å².